The van der Waals surface area contributed by atoms with Gasteiger partial charge in [-0.25, -0.2) is 8.42 Å². The summed E-state index contributed by atoms with van der Waals surface area (Å²) in [6.07, 6.45) is 3.73. The lowest BCUT2D eigenvalue weighted by Crippen LogP contribution is -2.41. The number of benzene rings is 2. The molecule has 0 radical (unpaired) electrons. The number of anilines is 1. The number of carbonyl (C=O) groups is 2. The minimum absolute atomic E-state index is 0.0704. The highest BCUT2D eigenvalue weighted by Gasteiger charge is 2.32. The van der Waals surface area contributed by atoms with Gasteiger partial charge in [0.25, 0.3) is 11.8 Å². The second-order valence-electron chi connectivity index (χ2n) is 10.4. The first-order valence-electron chi connectivity index (χ1n) is 14.2. The molecule has 11 heteroatoms. The maximum absolute atomic E-state index is 13.8. The molecule has 1 N–H and O–H groups in total. The Bertz CT molecular complexity index is 1570. The van der Waals surface area contributed by atoms with Gasteiger partial charge in [-0.3, -0.25) is 14.5 Å². The second kappa shape index (κ2) is 13.8. The molecule has 3 aromatic rings. The van der Waals surface area contributed by atoms with Gasteiger partial charge in [0.15, 0.2) is 0 Å². The molecule has 43 heavy (non-hydrogen) atoms. The van der Waals surface area contributed by atoms with Gasteiger partial charge in [0, 0.05) is 56.3 Å². The van der Waals surface area contributed by atoms with Crippen LogP contribution >= 0.6 is 11.3 Å². The zero-order valence-electron chi connectivity index (χ0n) is 24.0. The number of nitrogens with zero attached hydrogens (tertiary/aromatic N) is 3. The predicted molar refractivity (Wildman–Crippen MR) is 169 cm³/mol. The van der Waals surface area contributed by atoms with Crippen LogP contribution in [0.4, 0.5) is 5.00 Å². The minimum atomic E-state index is -3.79. The highest BCUT2D eigenvalue weighted by atomic mass is 32.2. The third kappa shape index (κ3) is 6.97. The third-order valence-corrected chi connectivity index (χ3v) is 10.5. The summed E-state index contributed by atoms with van der Waals surface area (Å²) in [5.74, 6) is -0.507. The molecule has 1 saturated heterocycles. The number of fused-ring (bicyclic) bond motifs is 1. The van der Waals surface area contributed by atoms with E-state index in [-0.39, 0.29) is 23.9 Å². The van der Waals surface area contributed by atoms with Gasteiger partial charge in [0.1, 0.15) is 5.00 Å². The summed E-state index contributed by atoms with van der Waals surface area (Å²) in [6, 6.07) is 16.1. The van der Waals surface area contributed by atoms with Crippen molar-refractivity contribution < 1.29 is 22.7 Å². The van der Waals surface area contributed by atoms with E-state index in [4.69, 9.17) is 4.74 Å². The van der Waals surface area contributed by atoms with E-state index in [9.17, 15) is 18.0 Å². The first kappa shape index (κ1) is 30.8. The summed E-state index contributed by atoms with van der Waals surface area (Å²) in [5.41, 5.74) is 3.06. The van der Waals surface area contributed by atoms with Crippen LogP contribution in [-0.2, 0) is 34.3 Å². The van der Waals surface area contributed by atoms with Crippen LogP contribution in [0.25, 0.3) is 0 Å². The van der Waals surface area contributed by atoms with Crippen molar-refractivity contribution >= 4 is 38.2 Å². The van der Waals surface area contributed by atoms with Gasteiger partial charge in [-0.15, -0.1) is 24.5 Å². The van der Waals surface area contributed by atoms with Crippen LogP contribution < -0.4 is 5.32 Å². The van der Waals surface area contributed by atoms with Gasteiger partial charge >= 0.3 is 0 Å². The van der Waals surface area contributed by atoms with Crippen LogP contribution in [0.3, 0.4) is 0 Å². The Labute approximate surface area is 257 Å². The molecule has 2 amide bonds. The molecular weight excluding hydrogens is 585 g/mol. The summed E-state index contributed by atoms with van der Waals surface area (Å²) >= 11 is 1.44. The smallest absolute Gasteiger partial charge is 0.257 e. The van der Waals surface area contributed by atoms with E-state index in [1.165, 1.54) is 57.6 Å². The van der Waals surface area contributed by atoms with Crippen molar-refractivity contribution in [2.75, 3.05) is 51.3 Å². The van der Waals surface area contributed by atoms with Crippen molar-refractivity contribution in [3.8, 4) is 0 Å². The number of hydrogen-bond donors (Lipinski definition) is 1. The van der Waals surface area contributed by atoms with Gasteiger partial charge in [-0.1, -0.05) is 42.5 Å². The first-order chi connectivity index (χ1) is 20.8. The Hall–Kier alpha value is -3.61. The molecule has 0 spiro atoms. The van der Waals surface area contributed by atoms with Gasteiger partial charge < -0.3 is 15.0 Å². The number of nitrogens with one attached hydrogen (secondary N) is 1. The number of ether oxygens (including phenoxy) is 1. The molecule has 0 aliphatic carbocycles. The topological polar surface area (TPSA) is 99.3 Å². The minimum Gasteiger partial charge on any atom is -0.378 e. The lowest BCUT2D eigenvalue weighted by atomic mass is 10.0. The highest BCUT2D eigenvalue weighted by molar-refractivity contribution is 7.89. The van der Waals surface area contributed by atoms with E-state index in [1.807, 2.05) is 18.2 Å². The largest absolute Gasteiger partial charge is 0.378 e. The molecule has 2 aliphatic heterocycles. The van der Waals surface area contributed by atoms with E-state index in [1.54, 1.807) is 4.90 Å². The zero-order valence-corrected chi connectivity index (χ0v) is 25.7. The third-order valence-electron chi connectivity index (χ3n) is 7.54. The second-order valence-corrected chi connectivity index (χ2v) is 13.5. The maximum atomic E-state index is 13.8. The van der Waals surface area contributed by atoms with Gasteiger partial charge in [-0.05, 0) is 41.8 Å². The Morgan fingerprint density at radius 1 is 0.977 bits per heavy atom. The molecule has 3 heterocycles. The number of rotatable bonds is 11. The number of sulfonamides is 1. The van der Waals surface area contributed by atoms with E-state index >= 15 is 0 Å². The van der Waals surface area contributed by atoms with Gasteiger partial charge in [0.2, 0.25) is 10.0 Å². The summed E-state index contributed by atoms with van der Waals surface area (Å²) in [7, 11) is -3.79. The number of hydrogen-bond acceptors (Lipinski definition) is 7. The van der Waals surface area contributed by atoms with E-state index in [2.05, 4.69) is 35.5 Å². The van der Waals surface area contributed by atoms with Crippen molar-refractivity contribution in [3.63, 3.8) is 0 Å². The van der Waals surface area contributed by atoms with Crippen molar-refractivity contribution in [2.24, 2.45) is 0 Å². The molecule has 1 fully saturated rings. The number of thiophene rings is 1. The van der Waals surface area contributed by atoms with Crippen LogP contribution in [0.5, 0.6) is 0 Å². The van der Waals surface area contributed by atoms with Crippen LogP contribution in [0.1, 0.15) is 36.7 Å². The van der Waals surface area contributed by atoms with Gasteiger partial charge in [-0.2, -0.15) is 4.31 Å². The van der Waals surface area contributed by atoms with E-state index in [0.717, 1.165) is 23.5 Å². The van der Waals surface area contributed by atoms with Gasteiger partial charge in [0.05, 0.1) is 23.7 Å². The maximum Gasteiger partial charge on any atom is 0.257 e. The van der Waals surface area contributed by atoms with Crippen molar-refractivity contribution in [3.05, 3.63) is 107 Å². The molecule has 0 atom stereocenters. The predicted octanol–water partition coefficient (Wildman–Crippen LogP) is 4.39. The molecule has 0 saturated carbocycles. The molecule has 226 valence electrons. The molecular formula is C32H36N4O5S2. The van der Waals surface area contributed by atoms with Crippen molar-refractivity contribution in [2.45, 2.75) is 24.4 Å². The number of carbonyl (C=O) groups excluding carboxylic acids is 2. The number of amides is 2. The molecule has 5 rings (SSSR count). The summed E-state index contributed by atoms with van der Waals surface area (Å²) in [6.45, 7) is 11.8. The normalized spacial score (nSPS) is 15.6. The van der Waals surface area contributed by atoms with Crippen molar-refractivity contribution in [1.29, 1.82) is 0 Å². The first-order valence-corrected chi connectivity index (χ1v) is 16.5. The quantitative estimate of drug-likeness (QED) is 0.319. The summed E-state index contributed by atoms with van der Waals surface area (Å²) < 4.78 is 32.9. The van der Waals surface area contributed by atoms with E-state index in [0.29, 0.717) is 55.4 Å². The molecule has 9 nitrogen and oxygen atoms in total. The zero-order chi connectivity index (χ0) is 30.4. The van der Waals surface area contributed by atoms with Crippen LogP contribution in [0, 0.1) is 0 Å². The van der Waals surface area contributed by atoms with E-state index < -0.39 is 15.9 Å². The Morgan fingerprint density at radius 3 is 2.30 bits per heavy atom. The number of morpholine rings is 1. The molecule has 2 aliphatic rings. The fraction of sp³-hybridized carbons (Fsp3) is 0.312. The Morgan fingerprint density at radius 2 is 1.65 bits per heavy atom. The lowest BCUT2D eigenvalue weighted by molar-refractivity contribution is 0.0302. The SMILES string of the molecule is C=CCN(CC=C)S(=O)(=O)c1ccc(C(=O)Nc2sc3c(c2C(=O)N2CCOCC2)CCN(Cc2ccccc2)C3)cc1. The monoisotopic (exact) mass is 620 g/mol. The highest BCUT2D eigenvalue weighted by Crippen LogP contribution is 2.38. The summed E-state index contributed by atoms with van der Waals surface area (Å²) in [5, 5.41) is 3.51. The average molecular weight is 621 g/mol. The van der Waals surface area contributed by atoms with Crippen LogP contribution in [0.2, 0.25) is 0 Å². The molecule has 0 unspecified atom stereocenters. The fourth-order valence-electron chi connectivity index (χ4n) is 5.33. The van der Waals surface area contributed by atoms with Crippen molar-refractivity contribution in [1.82, 2.24) is 14.1 Å². The average Bonchev–Trinajstić information content (AvgIpc) is 3.38. The molecule has 0 bridgehead atoms. The van der Waals surface area contributed by atoms with Crippen LogP contribution in [-0.4, -0.2) is 80.3 Å². The standard InChI is InChI=1S/C32H36N4O5S2/c1-3-15-36(16-4-2)43(39,40)26-12-10-25(11-13-26)30(37)33-31-29(32(38)35-18-20-41-21-19-35)27-14-17-34(23-28(27)42-31)22-24-8-6-5-7-9-24/h3-13H,1-2,14-23H2,(H,33,37). The van der Waals surface area contributed by atoms with Crippen LogP contribution in [0.15, 0.2) is 84.8 Å². The molecule has 2 aromatic carbocycles. The summed E-state index contributed by atoms with van der Waals surface area (Å²) in [4.78, 5) is 32.5. The lowest BCUT2D eigenvalue weighted by Gasteiger charge is -2.29. The molecule has 1 aromatic heterocycles. The Balaban J connectivity index is 1.39. The Kier molecular flexibility index (Phi) is 9.89. The fourth-order valence-corrected chi connectivity index (χ4v) is 7.99.